The minimum atomic E-state index is -4.64. The van der Waals surface area contributed by atoms with E-state index in [4.69, 9.17) is 18.5 Å². The van der Waals surface area contributed by atoms with Gasteiger partial charge in [0.05, 0.1) is 27.7 Å². The zero-order chi connectivity index (χ0) is 43.6. The largest absolute Gasteiger partial charge is 0.756 e. The summed E-state index contributed by atoms with van der Waals surface area (Å²) in [4.78, 5) is 37.6. The highest BCUT2D eigenvalue weighted by molar-refractivity contribution is 7.45. The van der Waals surface area contributed by atoms with Crippen LogP contribution in [-0.2, 0) is 32.7 Å². The van der Waals surface area contributed by atoms with Crippen molar-refractivity contribution in [3.05, 3.63) is 48.6 Å². The molecule has 10 heteroatoms. The van der Waals surface area contributed by atoms with Gasteiger partial charge >= 0.3 is 11.9 Å². The topological polar surface area (TPSA) is 111 Å². The number of phosphoric ester groups is 1. The number of allylic oxidation sites excluding steroid dienone is 8. The molecule has 0 fully saturated rings. The van der Waals surface area contributed by atoms with Crippen molar-refractivity contribution in [3.63, 3.8) is 0 Å². The van der Waals surface area contributed by atoms with E-state index in [1.54, 1.807) is 0 Å². The quantitative estimate of drug-likeness (QED) is 0.0196. The number of esters is 2. The van der Waals surface area contributed by atoms with Crippen LogP contribution in [0.5, 0.6) is 0 Å². The highest BCUT2D eigenvalue weighted by Crippen LogP contribution is 2.38. The van der Waals surface area contributed by atoms with Crippen molar-refractivity contribution in [1.29, 1.82) is 0 Å². The molecule has 2 atom stereocenters. The molecule has 0 aliphatic heterocycles. The lowest BCUT2D eigenvalue weighted by Gasteiger charge is -2.28. The lowest BCUT2D eigenvalue weighted by molar-refractivity contribution is -0.870. The molecule has 0 aromatic carbocycles. The van der Waals surface area contributed by atoms with Crippen molar-refractivity contribution in [1.82, 2.24) is 0 Å². The first-order valence-corrected chi connectivity index (χ1v) is 25.3. The minimum Gasteiger partial charge on any atom is -0.756 e. The maximum absolute atomic E-state index is 12.7. The third-order valence-corrected chi connectivity index (χ3v) is 11.1. The van der Waals surface area contributed by atoms with E-state index in [1.165, 1.54) is 109 Å². The second kappa shape index (κ2) is 41.3. The fourth-order valence-electron chi connectivity index (χ4n) is 6.41. The van der Waals surface area contributed by atoms with Crippen LogP contribution in [-0.4, -0.2) is 70.0 Å². The molecule has 9 nitrogen and oxygen atoms in total. The summed E-state index contributed by atoms with van der Waals surface area (Å²) >= 11 is 0. The van der Waals surface area contributed by atoms with Crippen LogP contribution in [0.25, 0.3) is 0 Å². The van der Waals surface area contributed by atoms with E-state index < -0.39 is 32.5 Å². The lowest BCUT2D eigenvalue weighted by atomic mass is 10.0. The zero-order valence-corrected chi connectivity index (χ0v) is 39.6. The van der Waals surface area contributed by atoms with Crippen LogP contribution in [0.2, 0.25) is 0 Å². The molecule has 0 aliphatic rings. The van der Waals surface area contributed by atoms with Crippen LogP contribution in [0, 0.1) is 0 Å². The summed E-state index contributed by atoms with van der Waals surface area (Å²) in [7, 11) is 1.14. The molecule has 344 valence electrons. The summed E-state index contributed by atoms with van der Waals surface area (Å²) in [6.07, 6.45) is 48.6. The lowest BCUT2D eigenvalue weighted by Crippen LogP contribution is -2.37. The van der Waals surface area contributed by atoms with Crippen LogP contribution in [0.3, 0.4) is 0 Å². The number of unbranched alkanes of at least 4 members (excludes halogenated alkanes) is 21. The predicted molar refractivity (Wildman–Crippen MR) is 245 cm³/mol. The zero-order valence-electron chi connectivity index (χ0n) is 38.7. The van der Waals surface area contributed by atoms with Gasteiger partial charge in [0.1, 0.15) is 19.8 Å². The molecular formula is C49H90NO8P. The van der Waals surface area contributed by atoms with Crippen LogP contribution < -0.4 is 4.89 Å². The van der Waals surface area contributed by atoms with Gasteiger partial charge in [-0.1, -0.05) is 184 Å². The molecule has 0 spiro atoms. The predicted octanol–water partition coefficient (Wildman–Crippen LogP) is 13.2. The molecule has 0 heterocycles. The number of carbonyl (C=O) groups is 2. The van der Waals surface area contributed by atoms with Crippen LogP contribution in [0.4, 0.5) is 0 Å². The Bertz CT molecular complexity index is 1150. The third kappa shape index (κ3) is 45.3. The van der Waals surface area contributed by atoms with E-state index in [2.05, 4.69) is 62.5 Å². The van der Waals surface area contributed by atoms with Gasteiger partial charge in [0.15, 0.2) is 6.10 Å². The van der Waals surface area contributed by atoms with E-state index in [1.807, 2.05) is 21.1 Å². The number of carbonyl (C=O) groups excluding carboxylic acids is 2. The molecule has 0 aromatic heterocycles. The number of phosphoric acid groups is 1. The Morgan fingerprint density at radius 1 is 0.542 bits per heavy atom. The van der Waals surface area contributed by atoms with Gasteiger partial charge in [0, 0.05) is 12.8 Å². The molecule has 0 amide bonds. The van der Waals surface area contributed by atoms with Gasteiger partial charge in [0.25, 0.3) is 7.82 Å². The molecule has 0 N–H and O–H groups in total. The first-order chi connectivity index (χ1) is 28.5. The highest BCUT2D eigenvalue weighted by atomic mass is 31.2. The van der Waals surface area contributed by atoms with Crippen molar-refractivity contribution in [2.45, 2.75) is 206 Å². The molecule has 0 saturated heterocycles. The number of ether oxygens (including phenoxy) is 2. The van der Waals surface area contributed by atoms with Gasteiger partial charge < -0.3 is 27.9 Å². The second-order valence-electron chi connectivity index (χ2n) is 17.1. The van der Waals surface area contributed by atoms with Crippen LogP contribution >= 0.6 is 7.82 Å². The van der Waals surface area contributed by atoms with Crippen molar-refractivity contribution in [3.8, 4) is 0 Å². The Morgan fingerprint density at radius 2 is 0.966 bits per heavy atom. The highest BCUT2D eigenvalue weighted by Gasteiger charge is 2.21. The minimum absolute atomic E-state index is 0.0392. The van der Waals surface area contributed by atoms with Gasteiger partial charge in [-0.2, -0.15) is 0 Å². The average Bonchev–Trinajstić information content (AvgIpc) is 3.19. The SMILES string of the molecule is CC/C=C/C/C=C/C/C=C/C/C=C/CCCCC(=O)O[C@H](COC(=O)CCCCCCCCCCCCCCCCCCCCCC)COP(=O)([O-])OCC[N+](C)(C)C. The number of nitrogens with zero attached hydrogens (tertiary/aromatic N) is 1. The number of hydrogen-bond acceptors (Lipinski definition) is 8. The summed E-state index contributed by atoms with van der Waals surface area (Å²) in [6, 6.07) is 0. The molecule has 0 rings (SSSR count). The molecule has 0 aromatic rings. The maximum Gasteiger partial charge on any atom is 0.306 e. The van der Waals surface area contributed by atoms with E-state index in [-0.39, 0.29) is 26.1 Å². The molecule has 59 heavy (non-hydrogen) atoms. The van der Waals surface area contributed by atoms with Crippen LogP contribution in [0.15, 0.2) is 48.6 Å². The van der Waals surface area contributed by atoms with Crippen LogP contribution in [0.1, 0.15) is 200 Å². The number of likely N-dealkylation sites (N-methyl/N-ethyl adjacent to an activating group) is 1. The average molecular weight is 852 g/mol. The Morgan fingerprint density at radius 3 is 1.44 bits per heavy atom. The molecule has 0 aliphatic carbocycles. The maximum atomic E-state index is 12.7. The van der Waals surface area contributed by atoms with Crippen molar-refractivity contribution in [2.24, 2.45) is 0 Å². The Balaban J connectivity index is 4.31. The second-order valence-corrected chi connectivity index (χ2v) is 18.5. The Labute approximate surface area is 363 Å². The van der Waals surface area contributed by atoms with Crippen molar-refractivity contribution < 1.29 is 42.1 Å². The summed E-state index contributed by atoms with van der Waals surface area (Å²) < 4.78 is 33.9. The summed E-state index contributed by atoms with van der Waals surface area (Å²) in [6.45, 7) is 4.08. The molecule has 0 saturated carbocycles. The van der Waals surface area contributed by atoms with Crippen molar-refractivity contribution >= 4 is 19.8 Å². The standard InChI is InChI=1S/C49H90NO8P/c1-6-8-10-12-14-16-18-20-22-23-24-25-26-28-29-31-33-35-37-39-41-48(51)55-45-47(46-57-59(53,54)56-44-43-50(3,4)5)58-49(52)42-40-38-36-34-32-30-27-21-19-17-15-13-11-9-7-2/h9,11,15,17,21,27,32,34,47H,6-8,10,12-14,16,18-20,22-26,28-31,33,35-46H2,1-5H3/b11-9+,17-15+,27-21+,34-32+/t47-/m1/s1. The molecule has 1 unspecified atom stereocenters. The smallest absolute Gasteiger partial charge is 0.306 e. The normalized spacial score (nSPS) is 13.9. The van der Waals surface area contributed by atoms with Gasteiger partial charge in [-0.25, -0.2) is 0 Å². The number of hydrogen-bond donors (Lipinski definition) is 0. The first-order valence-electron chi connectivity index (χ1n) is 23.8. The Kier molecular flexibility index (Phi) is 39.9. The monoisotopic (exact) mass is 852 g/mol. The Hall–Kier alpha value is -2.03. The fraction of sp³-hybridized carbons (Fsp3) is 0.796. The summed E-state index contributed by atoms with van der Waals surface area (Å²) in [5, 5.41) is 0. The van der Waals surface area contributed by atoms with E-state index in [0.29, 0.717) is 17.4 Å². The van der Waals surface area contributed by atoms with E-state index in [0.717, 1.165) is 57.8 Å². The summed E-state index contributed by atoms with van der Waals surface area (Å²) in [5.41, 5.74) is 0. The van der Waals surface area contributed by atoms with Gasteiger partial charge in [-0.15, -0.1) is 0 Å². The van der Waals surface area contributed by atoms with E-state index in [9.17, 15) is 19.0 Å². The fourth-order valence-corrected chi connectivity index (χ4v) is 7.14. The van der Waals surface area contributed by atoms with E-state index >= 15 is 0 Å². The summed E-state index contributed by atoms with van der Waals surface area (Å²) in [5.74, 6) is -0.878. The first kappa shape index (κ1) is 57.0. The molecule has 0 bridgehead atoms. The van der Waals surface area contributed by atoms with Gasteiger partial charge in [0.2, 0.25) is 0 Å². The number of quaternary nitrogens is 1. The molecule has 0 radical (unpaired) electrons. The van der Waals surface area contributed by atoms with Gasteiger partial charge in [-0.05, 0) is 51.4 Å². The molecular weight excluding hydrogens is 762 g/mol. The third-order valence-electron chi connectivity index (χ3n) is 10.1. The van der Waals surface area contributed by atoms with Gasteiger partial charge in [-0.3, -0.25) is 14.2 Å². The van der Waals surface area contributed by atoms with Crippen molar-refractivity contribution in [2.75, 3.05) is 47.5 Å². The number of rotatable bonds is 43.